The van der Waals surface area contributed by atoms with Crippen LogP contribution in [0.1, 0.15) is 37.0 Å². The van der Waals surface area contributed by atoms with Gasteiger partial charge in [0.2, 0.25) is 0 Å². The van der Waals surface area contributed by atoms with Crippen LogP contribution in [-0.2, 0) is 6.54 Å². The van der Waals surface area contributed by atoms with Gasteiger partial charge in [-0.3, -0.25) is 4.98 Å². The first-order valence-corrected chi connectivity index (χ1v) is 10.2. The molecule has 3 rings (SSSR count). The molecule has 2 N–H and O–H groups in total. The molecule has 0 radical (unpaired) electrons. The molecule has 0 aliphatic carbocycles. The maximum absolute atomic E-state index is 6.16. The van der Waals surface area contributed by atoms with Crippen LogP contribution < -0.4 is 5.73 Å². The summed E-state index contributed by atoms with van der Waals surface area (Å²) in [5.74, 6) is 1.30. The lowest BCUT2D eigenvalue weighted by atomic mass is 10.1. The summed E-state index contributed by atoms with van der Waals surface area (Å²) in [6.45, 7) is 7.02. The third kappa shape index (κ3) is 5.72. The van der Waals surface area contributed by atoms with Crippen molar-refractivity contribution in [3.8, 4) is 0 Å². The van der Waals surface area contributed by atoms with E-state index in [1.165, 1.54) is 7.05 Å². The average Bonchev–Trinajstić information content (AvgIpc) is 2.93. The average molecular weight is 423 g/mol. The van der Waals surface area contributed by atoms with Crippen molar-refractivity contribution >= 4 is 35.0 Å². The van der Waals surface area contributed by atoms with E-state index in [9.17, 15) is 0 Å². The largest absolute Gasteiger partial charge is 0.333 e. The van der Waals surface area contributed by atoms with Crippen LogP contribution in [0.25, 0.3) is 0 Å². The van der Waals surface area contributed by atoms with Crippen molar-refractivity contribution in [2.24, 2.45) is 5.73 Å². The Labute approximate surface area is 175 Å². The van der Waals surface area contributed by atoms with Gasteiger partial charge < -0.3 is 10.3 Å². The molecule has 27 heavy (non-hydrogen) atoms. The summed E-state index contributed by atoms with van der Waals surface area (Å²) in [5.41, 5.74) is 6.58. The molecular formula is C20H24Cl2N4S. The molecule has 2 heterocycles. The third-order valence-electron chi connectivity index (χ3n) is 3.78. The zero-order valence-electron chi connectivity index (χ0n) is 15.9. The SMILES string of the molecule is CN.Cc1nc(C(C)C)c(Sc2cc(Cl)cc(Cl)c2)n1Cc1ccccn1. The van der Waals surface area contributed by atoms with Crippen LogP contribution in [0.5, 0.6) is 0 Å². The molecule has 2 aromatic heterocycles. The Morgan fingerprint density at radius 3 is 2.33 bits per heavy atom. The van der Waals surface area contributed by atoms with Gasteiger partial charge in [0.15, 0.2) is 0 Å². The minimum Gasteiger partial charge on any atom is -0.333 e. The monoisotopic (exact) mass is 422 g/mol. The molecule has 7 heteroatoms. The van der Waals surface area contributed by atoms with E-state index in [2.05, 4.69) is 29.1 Å². The molecule has 3 aromatic rings. The number of hydrogen-bond acceptors (Lipinski definition) is 4. The molecule has 0 aliphatic rings. The fourth-order valence-corrected chi connectivity index (χ4v) is 4.53. The molecule has 0 amide bonds. The van der Waals surface area contributed by atoms with Crippen LogP contribution in [0.15, 0.2) is 52.5 Å². The quantitative estimate of drug-likeness (QED) is 0.564. The van der Waals surface area contributed by atoms with Gasteiger partial charge in [0, 0.05) is 21.1 Å². The number of hydrogen-bond donors (Lipinski definition) is 1. The van der Waals surface area contributed by atoms with Gasteiger partial charge in [0.1, 0.15) is 10.9 Å². The number of benzene rings is 1. The van der Waals surface area contributed by atoms with Gasteiger partial charge >= 0.3 is 0 Å². The predicted molar refractivity (Wildman–Crippen MR) is 115 cm³/mol. The molecule has 0 atom stereocenters. The van der Waals surface area contributed by atoms with E-state index in [0.717, 1.165) is 27.1 Å². The minimum atomic E-state index is 0.320. The number of imidazole rings is 1. The Bertz CT molecular complexity index is 859. The van der Waals surface area contributed by atoms with E-state index in [1.54, 1.807) is 17.8 Å². The Morgan fingerprint density at radius 2 is 1.78 bits per heavy atom. The Morgan fingerprint density at radius 1 is 1.11 bits per heavy atom. The maximum Gasteiger partial charge on any atom is 0.107 e. The van der Waals surface area contributed by atoms with E-state index in [-0.39, 0.29) is 0 Å². The van der Waals surface area contributed by atoms with Crippen LogP contribution in [0.2, 0.25) is 10.0 Å². The Hall–Kier alpha value is -1.53. The molecular weight excluding hydrogens is 399 g/mol. The van der Waals surface area contributed by atoms with Crippen LogP contribution in [0, 0.1) is 6.92 Å². The van der Waals surface area contributed by atoms with E-state index in [1.807, 2.05) is 43.5 Å². The first kappa shape index (κ1) is 21.8. The molecule has 0 bridgehead atoms. The van der Waals surface area contributed by atoms with Gasteiger partial charge in [0.25, 0.3) is 0 Å². The highest BCUT2D eigenvalue weighted by Crippen LogP contribution is 2.37. The molecule has 4 nitrogen and oxygen atoms in total. The predicted octanol–water partition coefficient (Wildman–Crippen LogP) is 5.79. The first-order chi connectivity index (χ1) is 12.9. The van der Waals surface area contributed by atoms with Crippen LogP contribution >= 0.6 is 35.0 Å². The highest BCUT2D eigenvalue weighted by atomic mass is 35.5. The fraction of sp³-hybridized carbons (Fsp3) is 0.300. The summed E-state index contributed by atoms with van der Waals surface area (Å²) in [6, 6.07) is 11.5. The standard InChI is InChI=1S/C19H19Cl2N3S.CH5N/c1-12(2)18-19(25-17-9-14(20)8-15(21)10-17)24(13(3)23-18)11-16-6-4-5-7-22-16;1-2/h4-10,12H,11H2,1-3H3;2H2,1H3. The van der Waals surface area contributed by atoms with Crippen molar-refractivity contribution in [2.45, 2.75) is 43.2 Å². The first-order valence-electron chi connectivity index (χ1n) is 8.62. The second kappa shape index (κ2) is 10.1. The normalized spacial score (nSPS) is 10.7. The minimum absolute atomic E-state index is 0.320. The highest BCUT2D eigenvalue weighted by molar-refractivity contribution is 7.99. The van der Waals surface area contributed by atoms with Crippen molar-refractivity contribution in [2.75, 3.05) is 7.05 Å². The molecule has 0 saturated heterocycles. The number of nitrogens with two attached hydrogens (primary N) is 1. The summed E-state index contributed by atoms with van der Waals surface area (Å²) in [6.07, 6.45) is 1.81. The van der Waals surface area contributed by atoms with E-state index in [0.29, 0.717) is 22.5 Å². The zero-order chi connectivity index (χ0) is 20.0. The molecule has 0 aliphatic heterocycles. The smallest absolute Gasteiger partial charge is 0.107 e. The third-order valence-corrected chi connectivity index (χ3v) is 5.31. The van der Waals surface area contributed by atoms with Gasteiger partial charge in [-0.15, -0.1) is 0 Å². The molecule has 1 aromatic carbocycles. The second-order valence-electron chi connectivity index (χ2n) is 6.12. The summed E-state index contributed by atoms with van der Waals surface area (Å²) in [4.78, 5) is 10.2. The van der Waals surface area contributed by atoms with E-state index in [4.69, 9.17) is 28.2 Å². The number of halogens is 2. The van der Waals surface area contributed by atoms with Crippen molar-refractivity contribution in [3.05, 3.63) is 69.9 Å². The molecule has 0 saturated carbocycles. The highest BCUT2D eigenvalue weighted by Gasteiger charge is 2.19. The number of aryl methyl sites for hydroxylation is 1. The molecule has 0 unspecified atom stereocenters. The van der Waals surface area contributed by atoms with Crippen molar-refractivity contribution in [1.82, 2.24) is 14.5 Å². The number of rotatable bonds is 5. The zero-order valence-corrected chi connectivity index (χ0v) is 18.2. The van der Waals surface area contributed by atoms with Crippen LogP contribution in [-0.4, -0.2) is 21.6 Å². The number of aromatic nitrogens is 3. The lowest BCUT2D eigenvalue weighted by Crippen LogP contribution is -2.05. The summed E-state index contributed by atoms with van der Waals surface area (Å²) in [5, 5.41) is 2.37. The molecule has 144 valence electrons. The van der Waals surface area contributed by atoms with Crippen molar-refractivity contribution in [1.29, 1.82) is 0 Å². The van der Waals surface area contributed by atoms with Crippen LogP contribution in [0.4, 0.5) is 0 Å². The Kier molecular flexibility index (Phi) is 8.17. The van der Waals surface area contributed by atoms with Gasteiger partial charge in [-0.05, 0) is 50.2 Å². The fourth-order valence-electron chi connectivity index (χ4n) is 2.59. The molecule has 0 spiro atoms. The summed E-state index contributed by atoms with van der Waals surface area (Å²) >= 11 is 14.0. The Balaban J connectivity index is 0.00000126. The van der Waals surface area contributed by atoms with Crippen molar-refractivity contribution in [3.63, 3.8) is 0 Å². The van der Waals surface area contributed by atoms with Gasteiger partial charge in [-0.1, -0.05) is 54.9 Å². The van der Waals surface area contributed by atoms with Gasteiger partial charge in [0.05, 0.1) is 17.9 Å². The van der Waals surface area contributed by atoms with E-state index >= 15 is 0 Å². The summed E-state index contributed by atoms with van der Waals surface area (Å²) < 4.78 is 2.21. The topological polar surface area (TPSA) is 56.7 Å². The number of pyridine rings is 1. The van der Waals surface area contributed by atoms with Gasteiger partial charge in [-0.25, -0.2) is 4.98 Å². The van der Waals surface area contributed by atoms with Crippen molar-refractivity contribution < 1.29 is 0 Å². The van der Waals surface area contributed by atoms with E-state index < -0.39 is 0 Å². The maximum atomic E-state index is 6.16. The lowest BCUT2D eigenvalue weighted by molar-refractivity contribution is 0.676. The second-order valence-corrected chi connectivity index (χ2v) is 8.05. The molecule has 0 fully saturated rings. The summed E-state index contributed by atoms with van der Waals surface area (Å²) in [7, 11) is 1.50. The lowest BCUT2D eigenvalue weighted by Gasteiger charge is -2.12. The van der Waals surface area contributed by atoms with Gasteiger partial charge in [-0.2, -0.15) is 0 Å². The number of nitrogens with zero attached hydrogens (tertiary/aromatic N) is 3. The van der Waals surface area contributed by atoms with Crippen LogP contribution in [0.3, 0.4) is 0 Å².